The minimum atomic E-state index is -0.486. The van der Waals surface area contributed by atoms with Crippen molar-refractivity contribution in [2.45, 2.75) is 6.92 Å². The van der Waals surface area contributed by atoms with Crippen molar-refractivity contribution in [3.05, 3.63) is 90.1 Å². The number of benzene rings is 2. The number of nitrogens with one attached hydrogen (secondary N) is 1. The summed E-state index contributed by atoms with van der Waals surface area (Å²) < 4.78 is 33.9. The minimum absolute atomic E-state index is 0.0876. The van der Waals surface area contributed by atoms with Gasteiger partial charge >= 0.3 is 0 Å². The van der Waals surface area contributed by atoms with Crippen molar-refractivity contribution in [2.24, 2.45) is 0 Å². The first kappa shape index (κ1) is 17.7. The fraction of sp³-hybridized carbons (Fsp3) is 0.0476. The molecule has 2 aromatic heterocycles. The second-order valence-electron chi connectivity index (χ2n) is 6.13. The second-order valence-corrected chi connectivity index (χ2v) is 6.13. The summed E-state index contributed by atoms with van der Waals surface area (Å²) in [6.07, 6.45) is 2.84. The lowest BCUT2D eigenvalue weighted by Gasteiger charge is -2.08. The van der Waals surface area contributed by atoms with Gasteiger partial charge < -0.3 is 9.73 Å². The summed E-state index contributed by atoms with van der Waals surface area (Å²) in [5.74, 6) is -1.18. The molecule has 28 heavy (non-hydrogen) atoms. The zero-order valence-corrected chi connectivity index (χ0v) is 14.8. The molecule has 7 heteroatoms. The van der Waals surface area contributed by atoms with Crippen LogP contribution in [0.2, 0.25) is 0 Å². The van der Waals surface area contributed by atoms with Gasteiger partial charge in [-0.2, -0.15) is 5.10 Å². The average molecular weight is 379 g/mol. The highest BCUT2D eigenvalue weighted by atomic mass is 19.1. The Balaban J connectivity index is 1.62. The van der Waals surface area contributed by atoms with Crippen LogP contribution in [0.1, 0.15) is 16.2 Å². The van der Waals surface area contributed by atoms with Crippen LogP contribution in [0.25, 0.3) is 16.8 Å². The molecule has 140 valence electrons. The number of amides is 1. The highest BCUT2D eigenvalue weighted by molar-refractivity contribution is 6.06. The maximum Gasteiger partial charge on any atom is 0.292 e. The standard InChI is InChI=1S/C21H15F2N3O2/c1-13-18(12-24-26(13)19-5-3-2-4-17(19)23)25-21(27)20-16(10-11-28-20)14-6-8-15(22)9-7-14/h2-12H,1H3,(H,25,27). The van der Waals surface area contributed by atoms with Gasteiger partial charge in [-0.1, -0.05) is 24.3 Å². The molecule has 0 radical (unpaired) electrons. The second kappa shape index (κ2) is 7.11. The Labute approximate surface area is 159 Å². The van der Waals surface area contributed by atoms with Gasteiger partial charge in [0.15, 0.2) is 5.76 Å². The van der Waals surface area contributed by atoms with E-state index in [0.29, 0.717) is 22.5 Å². The first-order valence-electron chi connectivity index (χ1n) is 8.49. The Morgan fingerprint density at radius 2 is 1.82 bits per heavy atom. The Bertz CT molecular complexity index is 1150. The van der Waals surface area contributed by atoms with Gasteiger partial charge in [0.1, 0.15) is 17.3 Å². The number of anilines is 1. The van der Waals surface area contributed by atoms with Crippen molar-refractivity contribution < 1.29 is 18.0 Å². The Hall–Kier alpha value is -3.74. The van der Waals surface area contributed by atoms with Crippen LogP contribution >= 0.6 is 0 Å². The van der Waals surface area contributed by atoms with Crippen molar-refractivity contribution in [1.82, 2.24) is 9.78 Å². The highest BCUT2D eigenvalue weighted by Gasteiger charge is 2.19. The molecule has 0 atom stereocenters. The highest BCUT2D eigenvalue weighted by Crippen LogP contribution is 2.27. The number of halogens is 2. The van der Waals surface area contributed by atoms with Gasteiger partial charge in [-0.3, -0.25) is 4.79 Å². The quantitative estimate of drug-likeness (QED) is 0.545. The van der Waals surface area contributed by atoms with Crippen LogP contribution in [0, 0.1) is 18.6 Å². The fourth-order valence-corrected chi connectivity index (χ4v) is 2.92. The first-order valence-corrected chi connectivity index (χ1v) is 8.49. The maximum absolute atomic E-state index is 14.0. The van der Waals surface area contributed by atoms with Gasteiger partial charge in [-0.25, -0.2) is 13.5 Å². The van der Waals surface area contributed by atoms with E-state index in [0.717, 1.165) is 0 Å². The monoisotopic (exact) mass is 379 g/mol. The average Bonchev–Trinajstić information content (AvgIpc) is 3.31. The summed E-state index contributed by atoms with van der Waals surface area (Å²) in [5.41, 5.74) is 2.46. The van der Waals surface area contributed by atoms with Crippen molar-refractivity contribution in [3.63, 3.8) is 0 Å². The molecule has 0 bridgehead atoms. The largest absolute Gasteiger partial charge is 0.459 e. The molecule has 4 rings (SSSR count). The lowest BCUT2D eigenvalue weighted by atomic mass is 10.1. The van der Waals surface area contributed by atoms with Crippen molar-refractivity contribution in [1.29, 1.82) is 0 Å². The van der Waals surface area contributed by atoms with E-state index in [-0.39, 0.29) is 17.3 Å². The fourth-order valence-electron chi connectivity index (χ4n) is 2.92. The van der Waals surface area contributed by atoms with Crippen molar-refractivity contribution >= 4 is 11.6 Å². The molecule has 2 heterocycles. The zero-order chi connectivity index (χ0) is 19.7. The Morgan fingerprint density at radius 1 is 1.07 bits per heavy atom. The molecular formula is C21H15F2N3O2. The van der Waals surface area contributed by atoms with Crippen LogP contribution in [-0.2, 0) is 0 Å². The lowest BCUT2D eigenvalue weighted by Crippen LogP contribution is -2.13. The van der Waals surface area contributed by atoms with E-state index in [9.17, 15) is 13.6 Å². The van der Waals surface area contributed by atoms with Crippen LogP contribution in [-0.4, -0.2) is 15.7 Å². The third-order valence-corrected chi connectivity index (χ3v) is 4.37. The number of carbonyl (C=O) groups is 1. The van der Waals surface area contributed by atoms with E-state index in [2.05, 4.69) is 10.4 Å². The molecule has 0 saturated carbocycles. The Morgan fingerprint density at radius 3 is 2.57 bits per heavy atom. The predicted molar refractivity (Wildman–Crippen MR) is 100 cm³/mol. The smallest absolute Gasteiger partial charge is 0.292 e. The van der Waals surface area contributed by atoms with Gasteiger partial charge in [0, 0.05) is 5.56 Å². The van der Waals surface area contributed by atoms with Gasteiger partial charge in [0.25, 0.3) is 5.91 Å². The molecule has 0 aliphatic carbocycles. The summed E-state index contributed by atoms with van der Waals surface area (Å²) in [7, 11) is 0. The molecule has 2 aromatic carbocycles. The number of carbonyl (C=O) groups excluding carboxylic acids is 1. The minimum Gasteiger partial charge on any atom is -0.459 e. The summed E-state index contributed by atoms with van der Waals surface area (Å²) >= 11 is 0. The normalized spacial score (nSPS) is 10.8. The molecule has 1 amide bonds. The van der Waals surface area contributed by atoms with Crippen molar-refractivity contribution in [2.75, 3.05) is 5.32 Å². The van der Waals surface area contributed by atoms with Crippen LogP contribution in [0.4, 0.5) is 14.5 Å². The molecule has 0 unspecified atom stereocenters. The summed E-state index contributed by atoms with van der Waals surface area (Å²) in [6.45, 7) is 1.72. The number of rotatable bonds is 4. The van der Waals surface area contributed by atoms with Crippen LogP contribution in [0.15, 0.2) is 71.5 Å². The third-order valence-electron chi connectivity index (χ3n) is 4.37. The maximum atomic E-state index is 14.0. The van der Waals surface area contributed by atoms with E-state index >= 15 is 0 Å². The molecule has 0 fully saturated rings. The van der Waals surface area contributed by atoms with E-state index in [1.165, 1.54) is 35.3 Å². The lowest BCUT2D eigenvalue weighted by molar-refractivity contribution is 0.0997. The third kappa shape index (κ3) is 3.18. The van der Waals surface area contributed by atoms with Crippen LogP contribution in [0.3, 0.4) is 0 Å². The number of furan rings is 1. The van der Waals surface area contributed by atoms with Gasteiger partial charge in [-0.15, -0.1) is 0 Å². The molecule has 0 aliphatic heterocycles. The number of para-hydroxylation sites is 1. The number of aromatic nitrogens is 2. The van der Waals surface area contributed by atoms with Crippen molar-refractivity contribution in [3.8, 4) is 16.8 Å². The van der Waals surface area contributed by atoms with E-state index in [4.69, 9.17) is 4.42 Å². The van der Waals surface area contributed by atoms with Crippen LogP contribution in [0.5, 0.6) is 0 Å². The topological polar surface area (TPSA) is 60.1 Å². The molecular weight excluding hydrogens is 364 g/mol. The summed E-state index contributed by atoms with van der Waals surface area (Å²) in [6, 6.07) is 13.6. The Kier molecular flexibility index (Phi) is 4.49. The van der Waals surface area contributed by atoms with Crippen LogP contribution < -0.4 is 5.32 Å². The first-order chi connectivity index (χ1) is 13.5. The molecule has 0 aliphatic rings. The number of nitrogens with zero attached hydrogens (tertiary/aromatic N) is 2. The molecule has 1 N–H and O–H groups in total. The van der Waals surface area contributed by atoms with E-state index < -0.39 is 11.7 Å². The predicted octanol–water partition coefficient (Wildman–Crippen LogP) is 4.97. The molecule has 4 aromatic rings. The SMILES string of the molecule is Cc1c(NC(=O)c2occc2-c2ccc(F)cc2)cnn1-c1ccccc1F. The number of hydrogen-bond acceptors (Lipinski definition) is 3. The number of hydrogen-bond donors (Lipinski definition) is 1. The molecule has 5 nitrogen and oxygen atoms in total. The zero-order valence-electron chi connectivity index (χ0n) is 14.8. The van der Waals surface area contributed by atoms with E-state index in [1.807, 2.05) is 0 Å². The summed E-state index contributed by atoms with van der Waals surface area (Å²) in [5, 5.41) is 6.89. The molecule has 0 saturated heterocycles. The van der Waals surface area contributed by atoms with Gasteiger partial charge in [0.2, 0.25) is 0 Å². The van der Waals surface area contributed by atoms with Gasteiger partial charge in [-0.05, 0) is 42.8 Å². The van der Waals surface area contributed by atoms with E-state index in [1.54, 1.807) is 43.3 Å². The summed E-state index contributed by atoms with van der Waals surface area (Å²) in [4.78, 5) is 12.7. The van der Waals surface area contributed by atoms with Gasteiger partial charge in [0.05, 0.1) is 23.8 Å². The molecule has 0 spiro atoms.